The first kappa shape index (κ1) is 23.7. The van der Waals surface area contributed by atoms with Crippen molar-refractivity contribution in [1.82, 2.24) is 24.7 Å². The molecule has 0 aliphatic heterocycles. The van der Waals surface area contributed by atoms with Crippen LogP contribution in [0.15, 0.2) is 48.1 Å². The van der Waals surface area contributed by atoms with Gasteiger partial charge in [-0.15, -0.1) is 11.3 Å². The number of rotatable bonds is 3. The molecule has 5 N–H and O–H groups in total. The second kappa shape index (κ2) is 9.90. The summed E-state index contributed by atoms with van der Waals surface area (Å²) in [6.07, 6.45) is 6.22. The number of pyridine rings is 1. The number of aromatic nitrogens is 5. The summed E-state index contributed by atoms with van der Waals surface area (Å²) in [6, 6.07) is 13.1. The van der Waals surface area contributed by atoms with E-state index in [9.17, 15) is 0 Å². The Balaban J connectivity index is 0.000000623. The van der Waals surface area contributed by atoms with E-state index in [1.54, 1.807) is 17.7 Å². The number of nitrogens with two attached hydrogens (primary N) is 2. The van der Waals surface area contributed by atoms with Gasteiger partial charge in [0.05, 0.1) is 27.5 Å². The predicted octanol–water partition coefficient (Wildman–Crippen LogP) is 5.79. The monoisotopic (exact) mass is 501 g/mol. The largest absolute Gasteiger partial charge is 0.465 e. The van der Waals surface area contributed by atoms with Gasteiger partial charge in [0, 0.05) is 10.9 Å². The summed E-state index contributed by atoms with van der Waals surface area (Å²) in [6.45, 7) is 2.14. The fourth-order valence-electron chi connectivity index (χ4n) is 4.88. The second-order valence-electron chi connectivity index (χ2n) is 8.91. The molecule has 0 spiro atoms. The highest BCUT2D eigenvalue weighted by Crippen LogP contribution is 2.37. The Labute approximate surface area is 211 Å². The fraction of sp³-hybridized carbons (Fsp3) is 0.269. The van der Waals surface area contributed by atoms with Crippen LogP contribution in [0, 0.1) is 6.92 Å². The van der Waals surface area contributed by atoms with Crippen LogP contribution in [0.2, 0.25) is 0 Å². The second-order valence-corrected chi connectivity index (χ2v) is 9.86. The minimum Gasteiger partial charge on any atom is -0.465 e. The zero-order chi connectivity index (χ0) is 25.2. The number of carbonyl (C=O) groups is 1. The Hall–Kier alpha value is -4.05. The molecule has 10 heteroatoms. The molecule has 6 rings (SSSR count). The van der Waals surface area contributed by atoms with Gasteiger partial charge in [0.25, 0.3) is 0 Å². The highest BCUT2D eigenvalue weighted by atomic mass is 32.1. The van der Waals surface area contributed by atoms with Gasteiger partial charge >= 0.3 is 6.09 Å². The van der Waals surface area contributed by atoms with E-state index in [4.69, 9.17) is 25.7 Å². The molecule has 4 aromatic heterocycles. The highest BCUT2D eigenvalue weighted by Gasteiger charge is 2.24. The van der Waals surface area contributed by atoms with E-state index in [1.807, 2.05) is 0 Å². The van der Waals surface area contributed by atoms with E-state index in [1.165, 1.54) is 29.7 Å². The molecule has 0 saturated heterocycles. The standard InChI is InChI=1S/C25H24N6S.CH3NO2/c1-15-12-20(21-8-5-11-32-21)29-19-13-16(9-10-18(15)19)23-22-24(26)27-14-28-25(22)31(30-23)17-6-3-2-4-7-17;2-1(3)4/h5,8-14,17H,2-4,6-7H2,1H3,(H2,26,27,28);2H2,(H,3,4). The molecule has 1 fully saturated rings. The molecular weight excluding hydrogens is 474 g/mol. The number of anilines is 1. The van der Waals surface area contributed by atoms with Crippen molar-refractivity contribution >= 4 is 45.2 Å². The third kappa shape index (κ3) is 4.59. The number of aryl methyl sites for hydroxylation is 1. The average Bonchev–Trinajstić information content (AvgIpc) is 3.53. The minimum absolute atomic E-state index is 0.362. The fourth-order valence-corrected chi connectivity index (χ4v) is 5.56. The van der Waals surface area contributed by atoms with Crippen LogP contribution in [0.5, 0.6) is 0 Å². The summed E-state index contributed by atoms with van der Waals surface area (Å²) in [5.74, 6) is 0.476. The third-order valence-electron chi connectivity index (χ3n) is 6.50. The molecule has 1 amide bonds. The maximum Gasteiger partial charge on any atom is 0.402 e. The number of primary amides is 1. The van der Waals surface area contributed by atoms with Gasteiger partial charge in [-0.05, 0) is 48.9 Å². The summed E-state index contributed by atoms with van der Waals surface area (Å²) in [7, 11) is 0. The van der Waals surface area contributed by atoms with Crippen LogP contribution in [-0.2, 0) is 0 Å². The molecule has 9 nitrogen and oxygen atoms in total. The van der Waals surface area contributed by atoms with E-state index >= 15 is 0 Å². The van der Waals surface area contributed by atoms with Crippen molar-refractivity contribution in [3.8, 4) is 21.8 Å². The number of nitrogen functional groups attached to an aromatic ring is 1. The third-order valence-corrected chi connectivity index (χ3v) is 7.39. The van der Waals surface area contributed by atoms with E-state index < -0.39 is 6.09 Å². The molecule has 0 atom stereocenters. The summed E-state index contributed by atoms with van der Waals surface area (Å²) >= 11 is 1.71. The summed E-state index contributed by atoms with van der Waals surface area (Å²) in [5, 5.41) is 16.3. The van der Waals surface area contributed by atoms with E-state index in [-0.39, 0.29) is 0 Å². The van der Waals surface area contributed by atoms with Crippen molar-refractivity contribution in [1.29, 1.82) is 0 Å². The normalized spacial score (nSPS) is 14.0. The van der Waals surface area contributed by atoms with E-state index in [0.29, 0.717) is 11.9 Å². The number of nitrogens with zero attached hydrogens (tertiary/aromatic N) is 5. The van der Waals surface area contributed by atoms with Crippen LogP contribution in [0.1, 0.15) is 43.7 Å². The quantitative estimate of drug-likeness (QED) is 0.283. The van der Waals surface area contributed by atoms with Gasteiger partial charge in [0.15, 0.2) is 5.65 Å². The van der Waals surface area contributed by atoms with Crippen molar-refractivity contribution in [2.75, 3.05) is 5.73 Å². The van der Waals surface area contributed by atoms with Crippen LogP contribution in [0.4, 0.5) is 10.6 Å². The lowest BCUT2D eigenvalue weighted by Crippen LogP contribution is -2.14. The van der Waals surface area contributed by atoms with Gasteiger partial charge in [0.2, 0.25) is 0 Å². The van der Waals surface area contributed by atoms with Crippen LogP contribution in [0.25, 0.3) is 43.8 Å². The zero-order valence-electron chi connectivity index (χ0n) is 19.9. The maximum atomic E-state index is 8.78. The molecule has 4 heterocycles. The van der Waals surface area contributed by atoms with Crippen LogP contribution >= 0.6 is 11.3 Å². The zero-order valence-corrected chi connectivity index (χ0v) is 20.7. The van der Waals surface area contributed by atoms with Gasteiger partial charge < -0.3 is 16.6 Å². The molecule has 36 heavy (non-hydrogen) atoms. The Morgan fingerprint density at radius 1 is 1.14 bits per heavy atom. The number of fused-ring (bicyclic) bond motifs is 2. The molecule has 5 aromatic rings. The van der Waals surface area contributed by atoms with Gasteiger partial charge in [-0.2, -0.15) is 5.10 Å². The summed E-state index contributed by atoms with van der Waals surface area (Å²) in [5.41, 5.74) is 16.2. The molecule has 0 radical (unpaired) electrons. The molecule has 1 aromatic carbocycles. The molecule has 1 saturated carbocycles. The van der Waals surface area contributed by atoms with Crippen LogP contribution in [0.3, 0.4) is 0 Å². The summed E-state index contributed by atoms with van der Waals surface area (Å²) < 4.78 is 2.09. The number of carboxylic acid groups (broad SMARTS) is 1. The number of thiophene rings is 1. The van der Waals surface area contributed by atoms with Gasteiger partial charge in [-0.1, -0.05) is 37.5 Å². The lowest BCUT2D eigenvalue weighted by Gasteiger charge is -2.22. The predicted molar refractivity (Wildman–Crippen MR) is 143 cm³/mol. The topological polar surface area (TPSA) is 146 Å². The number of hydrogen-bond acceptors (Lipinski definition) is 7. The van der Waals surface area contributed by atoms with Gasteiger partial charge in [-0.3, -0.25) is 0 Å². The molecule has 184 valence electrons. The number of benzene rings is 1. The molecular formula is C26H27N7O2S. The molecule has 0 bridgehead atoms. The van der Waals surface area contributed by atoms with Crippen molar-refractivity contribution in [3.05, 3.63) is 53.7 Å². The van der Waals surface area contributed by atoms with Gasteiger partial charge in [0.1, 0.15) is 17.8 Å². The molecule has 0 unspecified atom stereocenters. The van der Waals surface area contributed by atoms with Gasteiger partial charge in [-0.25, -0.2) is 24.4 Å². The molecule has 1 aliphatic carbocycles. The van der Waals surface area contributed by atoms with Crippen LogP contribution in [-0.4, -0.2) is 35.9 Å². The van der Waals surface area contributed by atoms with Crippen molar-refractivity contribution in [3.63, 3.8) is 0 Å². The smallest absolute Gasteiger partial charge is 0.402 e. The Kier molecular flexibility index (Phi) is 6.51. The van der Waals surface area contributed by atoms with E-state index in [2.05, 4.69) is 69.1 Å². The summed E-state index contributed by atoms with van der Waals surface area (Å²) in [4.78, 5) is 23.8. The lowest BCUT2D eigenvalue weighted by molar-refractivity contribution is 0.205. The first-order chi connectivity index (χ1) is 17.4. The minimum atomic E-state index is -1.33. The highest BCUT2D eigenvalue weighted by molar-refractivity contribution is 7.13. The first-order valence-corrected chi connectivity index (χ1v) is 12.7. The first-order valence-electron chi connectivity index (χ1n) is 11.8. The maximum absolute atomic E-state index is 8.78. The van der Waals surface area contributed by atoms with Crippen molar-refractivity contribution in [2.45, 2.75) is 45.1 Å². The lowest BCUT2D eigenvalue weighted by atomic mass is 9.96. The molecule has 1 aliphatic rings. The average molecular weight is 502 g/mol. The Morgan fingerprint density at radius 2 is 1.92 bits per heavy atom. The Bertz CT molecular complexity index is 1540. The number of hydrogen-bond donors (Lipinski definition) is 3. The Morgan fingerprint density at radius 3 is 2.64 bits per heavy atom. The van der Waals surface area contributed by atoms with Crippen molar-refractivity contribution < 1.29 is 9.90 Å². The number of amides is 1. The SMILES string of the molecule is Cc1cc(-c2cccs2)nc2cc(-c3nn(C4CCCCC4)c4ncnc(N)c34)ccc12.NC(=O)O. The van der Waals surface area contributed by atoms with Crippen LogP contribution < -0.4 is 11.5 Å². The van der Waals surface area contributed by atoms with E-state index in [0.717, 1.165) is 51.7 Å². The van der Waals surface area contributed by atoms with Crippen molar-refractivity contribution in [2.24, 2.45) is 5.73 Å².